The summed E-state index contributed by atoms with van der Waals surface area (Å²) in [4.78, 5) is 32.1. The molecule has 4 aliphatic rings. The first-order valence-electron chi connectivity index (χ1n) is 27.3. The number of methoxy groups -OCH3 is 2. The van der Waals surface area contributed by atoms with Crippen LogP contribution in [0.5, 0.6) is 17.2 Å². The lowest BCUT2D eigenvalue weighted by Gasteiger charge is -2.30. The lowest BCUT2D eigenvalue weighted by molar-refractivity contribution is -0.384. The van der Waals surface area contributed by atoms with Gasteiger partial charge in [-0.1, -0.05) is 24.3 Å². The zero-order chi connectivity index (χ0) is 57.6. The van der Waals surface area contributed by atoms with Crippen molar-refractivity contribution in [1.29, 1.82) is 10.5 Å². The van der Waals surface area contributed by atoms with Gasteiger partial charge in [-0.2, -0.15) is 10.5 Å². The van der Waals surface area contributed by atoms with Crippen LogP contribution in [0.3, 0.4) is 0 Å². The molecule has 2 heterocycles. The van der Waals surface area contributed by atoms with Crippen molar-refractivity contribution >= 4 is 62.0 Å². The molecular formula is C62H68ClN7O11. The highest BCUT2D eigenvalue weighted by Gasteiger charge is 2.32. The number of fused-ring (bicyclic) bond motifs is 2. The van der Waals surface area contributed by atoms with E-state index in [2.05, 4.69) is 31.3 Å². The molecule has 4 saturated carbocycles. The molecule has 19 heteroatoms. The van der Waals surface area contributed by atoms with Crippen molar-refractivity contribution in [1.82, 2.24) is 9.13 Å². The van der Waals surface area contributed by atoms with E-state index >= 15 is 0 Å². The van der Waals surface area contributed by atoms with Crippen LogP contribution in [0, 0.1) is 44.6 Å². The maximum Gasteiger partial charge on any atom is 0.411 e. The number of carbonyl (C=O) groups excluding carboxylic acids is 2. The number of nitriles is 2. The van der Waals surface area contributed by atoms with Crippen LogP contribution in [0.15, 0.2) is 109 Å². The SMILES string of the molecule is CC(O)C1CC1.COCCOc1ccc2c(C#N)c(-c3ccc(N)cc3)n(C3CCC3)c2c1.COCCOc1ccc2c(C#N)c(-c3ccc(NC(=O)OC(C)C4CC4)cc3)n(C3CCC3)c2c1.O=C(Cl)Oc1ccc([N+](=O)[O-])cc1. The number of aromatic nitrogens is 2. The van der Waals surface area contributed by atoms with Gasteiger partial charge >= 0.3 is 11.5 Å². The molecule has 5 aromatic carbocycles. The monoisotopic (exact) mass is 1120 g/mol. The van der Waals surface area contributed by atoms with E-state index in [1.807, 2.05) is 98.8 Å². The number of nitrogens with two attached hydrogens (primary N) is 1. The molecule has 1 amide bonds. The van der Waals surface area contributed by atoms with E-state index in [-0.39, 0.29) is 23.6 Å². The Bertz CT molecular complexity index is 3370. The van der Waals surface area contributed by atoms with Gasteiger partial charge < -0.3 is 48.4 Å². The third kappa shape index (κ3) is 15.2. The molecule has 11 rings (SSSR count). The van der Waals surface area contributed by atoms with Crippen molar-refractivity contribution in [2.45, 2.75) is 102 Å². The molecule has 2 aromatic heterocycles. The second kappa shape index (κ2) is 27.8. The Kier molecular flexibility index (Phi) is 20.3. The minimum atomic E-state index is -0.978. The number of nitro benzene ring substituents is 1. The van der Waals surface area contributed by atoms with Crippen LogP contribution in [-0.4, -0.2) is 83.5 Å². The minimum Gasteiger partial charge on any atom is -0.491 e. The largest absolute Gasteiger partial charge is 0.491 e. The van der Waals surface area contributed by atoms with Gasteiger partial charge in [0.2, 0.25) is 0 Å². The van der Waals surface area contributed by atoms with Crippen LogP contribution in [0.2, 0.25) is 0 Å². The Morgan fingerprint density at radius 3 is 1.52 bits per heavy atom. The normalized spacial score (nSPS) is 15.3. The summed E-state index contributed by atoms with van der Waals surface area (Å²) in [5.74, 6) is 2.88. The maximum atomic E-state index is 12.2. The molecule has 2 atom stereocenters. The van der Waals surface area contributed by atoms with Crippen molar-refractivity contribution in [2.75, 3.05) is 51.7 Å². The fourth-order valence-corrected chi connectivity index (χ4v) is 9.81. The van der Waals surface area contributed by atoms with Crippen molar-refractivity contribution in [2.24, 2.45) is 11.8 Å². The summed E-state index contributed by atoms with van der Waals surface area (Å²) in [5, 5.41) is 43.7. The number of halogens is 1. The number of amides is 1. The molecule has 4 fully saturated rings. The van der Waals surface area contributed by atoms with Gasteiger partial charge in [-0.25, -0.2) is 9.59 Å². The Labute approximate surface area is 476 Å². The van der Waals surface area contributed by atoms with E-state index in [1.54, 1.807) is 14.2 Å². The van der Waals surface area contributed by atoms with Gasteiger partial charge in [-0.3, -0.25) is 15.4 Å². The molecule has 0 aliphatic heterocycles. The Hall–Kier alpha value is -8.13. The lowest BCUT2D eigenvalue weighted by atomic mass is 9.92. The quantitative estimate of drug-likeness (QED) is 0.0238. The summed E-state index contributed by atoms with van der Waals surface area (Å²) in [6.45, 7) is 5.84. The number of anilines is 2. The molecule has 0 radical (unpaired) electrons. The Balaban J connectivity index is 0.000000164. The highest BCUT2D eigenvalue weighted by molar-refractivity contribution is 6.61. The van der Waals surface area contributed by atoms with E-state index < -0.39 is 16.4 Å². The second-order valence-electron chi connectivity index (χ2n) is 20.6. The zero-order valence-electron chi connectivity index (χ0n) is 46.0. The van der Waals surface area contributed by atoms with Crippen LogP contribution >= 0.6 is 11.6 Å². The van der Waals surface area contributed by atoms with E-state index in [0.29, 0.717) is 67.2 Å². The lowest BCUT2D eigenvalue weighted by Crippen LogP contribution is -2.21. The zero-order valence-corrected chi connectivity index (χ0v) is 46.7. The van der Waals surface area contributed by atoms with Gasteiger partial charge in [-0.15, -0.1) is 0 Å². The van der Waals surface area contributed by atoms with E-state index in [1.165, 1.54) is 49.9 Å². The predicted molar refractivity (Wildman–Crippen MR) is 311 cm³/mol. The third-order valence-corrected chi connectivity index (χ3v) is 15.0. The molecule has 0 spiro atoms. The topological polar surface area (TPSA) is 248 Å². The van der Waals surface area contributed by atoms with E-state index in [4.69, 9.17) is 46.1 Å². The highest BCUT2D eigenvalue weighted by Crippen LogP contribution is 2.45. The molecule has 18 nitrogen and oxygen atoms in total. The average molecular weight is 1120 g/mol. The van der Waals surface area contributed by atoms with Crippen LogP contribution in [0.25, 0.3) is 44.3 Å². The number of hydrogen-bond acceptors (Lipinski definition) is 14. The molecular weight excluding hydrogens is 1050 g/mol. The number of hydrogen-bond donors (Lipinski definition) is 3. The number of ether oxygens (including phenoxy) is 6. The van der Waals surface area contributed by atoms with Crippen LogP contribution in [0.4, 0.5) is 26.7 Å². The molecule has 4 N–H and O–H groups in total. The van der Waals surface area contributed by atoms with E-state index in [0.717, 1.165) is 100 Å². The molecule has 4 aliphatic carbocycles. The molecule has 7 aromatic rings. The summed E-state index contributed by atoms with van der Waals surface area (Å²) in [5.41, 5.74) is 13.5. The number of non-ortho nitro benzene ring substituents is 1. The number of carbonyl (C=O) groups is 2. The second-order valence-corrected chi connectivity index (χ2v) is 20.9. The highest BCUT2D eigenvalue weighted by atomic mass is 35.5. The molecule has 2 unspecified atom stereocenters. The fourth-order valence-electron chi connectivity index (χ4n) is 9.73. The fraction of sp³-hybridized carbons (Fsp3) is 0.387. The maximum absolute atomic E-state index is 12.2. The molecule has 0 saturated heterocycles. The van der Waals surface area contributed by atoms with Gasteiger partial charge in [0.15, 0.2) is 0 Å². The van der Waals surface area contributed by atoms with Gasteiger partial charge in [-0.05, 0) is 162 Å². The number of nitrogens with zero attached hydrogens (tertiary/aromatic N) is 5. The average Bonchev–Trinajstić information content (AvgIpc) is 4.54. The van der Waals surface area contributed by atoms with Crippen LogP contribution < -0.4 is 25.3 Å². The van der Waals surface area contributed by atoms with Crippen molar-refractivity contribution in [3.63, 3.8) is 0 Å². The van der Waals surface area contributed by atoms with E-state index in [9.17, 15) is 30.2 Å². The smallest absolute Gasteiger partial charge is 0.411 e. The Morgan fingerprint density at radius 2 is 1.15 bits per heavy atom. The summed E-state index contributed by atoms with van der Waals surface area (Å²) in [7, 11) is 3.31. The number of nitro groups is 1. The number of benzene rings is 5. The number of rotatable bonds is 18. The first-order valence-corrected chi connectivity index (χ1v) is 27.7. The number of nitrogens with one attached hydrogen (secondary N) is 1. The van der Waals surface area contributed by atoms with Gasteiger partial charge in [0.1, 0.15) is 48.7 Å². The summed E-state index contributed by atoms with van der Waals surface area (Å²) in [6, 6.07) is 37.9. The van der Waals surface area contributed by atoms with Crippen molar-refractivity contribution < 1.29 is 48.0 Å². The minimum absolute atomic E-state index is 0.0370. The van der Waals surface area contributed by atoms with Crippen LogP contribution in [-0.2, 0) is 14.2 Å². The molecule has 424 valence electrons. The van der Waals surface area contributed by atoms with Gasteiger partial charge in [0, 0.05) is 84.3 Å². The third-order valence-electron chi connectivity index (χ3n) is 14.9. The Morgan fingerprint density at radius 1 is 0.691 bits per heavy atom. The number of aliphatic hydroxyl groups is 1. The number of nitrogen functional groups attached to an aromatic ring is 1. The van der Waals surface area contributed by atoms with Gasteiger partial charge in [0.25, 0.3) is 5.69 Å². The summed E-state index contributed by atoms with van der Waals surface area (Å²) >= 11 is 4.92. The molecule has 81 heavy (non-hydrogen) atoms. The number of aliphatic hydroxyl groups excluding tert-OH is 1. The summed E-state index contributed by atoms with van der Waals surface area (Å²) in [6.07, 6.45) is 11.0. The first-order chi connectivity index (χ1) is 39.2. The summed E-state index contributed by atoms with van der Waals surface area (Å²) < 4.78 is 36.4. The van der Waals surface area contributed by atoms with Crippen LogP contribution in [0.1, 0.15) is 101 Å². The first kappa shape index (κ1) is 59.0. The van der Waals surface area contributed by atoms with Crippen molar-refractivity contribution in [3.8, 4) is 51.9 Å². The molecule has 0 bridgehead atoms. The standard InChI is InChI=1S/C28H31N3O4.C22H23N3O2.C7H4ClNO4.C5H10O/c1-18(19-6-7-19)35-28(32)30-21-10-8-20(9-11-21)27-25(17-29)24-13-12-23(34-15-14-33-2)16-26(24)31(27)22-4-3-5-22;1-26-11-12-27-18-9-10-19-20(14-23)22(15-5-7-16(24)8-6-15)25(21(19)13-18)17-3-2-4-17;8-7(10)13-6-3-1-5(2-4-6)9(11)12;1-4(6)5-2-3-5/h8-13,16,18-19,22H,3-7,14-15H2,1-2H3,(H,30,32);5-10,13,17H,2-4,11-12,24H2,1H3;1-4H;4-6H,2-3H2,1H3. The van der Waals surface area contributed by atoms with Crippen molar-refractivity contribution in [3.05, 3.63) is 130 Å². The van der Waals surface area contributed by atoms with Gasteiger partial charge in [0.05, 0.1) is 57.8 Å². The predicted octanol–water partition coefficient (Wildman–Crippen LogP) is 13.9.